The second-order valence-electron chi connectivity index (χ2n) is 3.54. The molecule has 0 saturated heterocycles. The van der Waals surface area contributed by atoms with Gasteiger partial charge in [0.2, 0.25) is 5.91 Å². The van der Waals surface area contributed by atoms with Crippen LogP contribution in [-0.2, 0) is 4.79 Å². The van der Waals surface area contributed by atoms with Crippen molar-refractivity contribution in [3.63, 3.8) is 0 Å². The molecule has 0 aromatic carbocycles. The number of hydrogen-bond acceptors (Lipinski definition) is 1. The summed E-state index contributed by atoms with van der Waals surface area (Å²) >= 11 is 0. The normalized spacial score (nSPS) is 30.4. The van der Waals surface area contributed by atoms with E-state index in [1.807, 2.05) is 6.92 Å². The quantitative estimate of drug-likeness (QED) is 0.646. The minimum atomic E-state index is 0.198. The van der Waals surface area contributed by atoms with E-state index in [0.717, 1.165) is 5.92 Å². The summed E-state index contributed by atoms with van der Waals surface area (Å²) in [5.74, 6) is 1.00. The summed E-state index contributed by atoms with van der Waals surface area (Å²) in [5, 5.41) is 3.02. The maximum absolute atomic E-state index is 11.0. The van der Waals surface area contributed by atoms with E-state index < -0.39 is 0 Å². The van der Waals surface area contributed by atoms with Gasteiger partial charge in [-0.05, 0) is 25.2 Å². The van der Waals surface area contributed by atoms with E-state index in [2.05, 4.69) is 12.2 Å². The molecule has 0 radical (unpaired) electrons. The third-order valence-corrected chi connectivity index (χ3v) is 2.38. The van der Waals surface area contributed by atoms with Gasteiger partial charge in [-0.1, -0.05) is 13.8 Å². The van der Waals surface area contributed by atoms with Crippen LogP contribution in [0.5, 0.6) is 0 Å². The Morgan fingerprint density at radius 3 is 2.73 bits per heavy atom. The highest BCUT2D eigenvalue weighted by molar-refractivity contribution is 5.75. The highest BCUT2D eigenvalue weighted by Crippen LogP contribution is 2.24. The minimum absolute atomic E-state index is 0.198. The molecule has 0 unspecified atom stereocenters. The van der Waals surface area contributed by atoms with Crippen molar-refractivity contribution >= 4 is 5.91 Å². The molecule has 1 saturated carbocycles. The molecule has 0 aliphatic heterocycles. The van der Waals surface area contributed by atoms with E-state index >= 15 is 0 Å². The number of amides is 1. The van der Waals surface area contributed by atoms with Crippen molar-refractivity contribution in [3.05, 3.63) is 0 Å². The molecule has 1 amide bonds. The van der Waals surface area contributed by atoms with Crippen LogP contribution in [0.3, 0.4) is 0 Å². The van der Waals surface area contributed by atoms with E-state index in [1.165, 1.54) is 19.3 Å². The van der Waals surface area contributed by atoms with Gasteiger partial charge in [-0.25, -0.2) is 0 Å². The van der Waals surface area contributed by atoms with E-state index in [0.29, 0.717) is 12.5 Å². The van der Waals surface area contributed by atoms with Crippen LogP contribution in [0.15, 0.2) is 0 Å². The number of rotatable bonds is 2. The van der Waals surface area contributed by atoms with Crippen LogP contribution in [0.25, 0.3) is 0 Å². The zero-order valence-corrected chi connectivity index (χ0v) is 7.39. The predicted octanol–water partition coefficient (Wildman–Crippen LogP) is 1.70. The fraction of sp³-hybridized carbons (Fsp3) is 0.889. The van der Waals surface area contributed by atoms with Crippen LogP contribution in [0.4, 0.5) is 0 Å². The second kappa shape index (κ2) is 3.74. The predicted molar refractivity (Wildman–Crippen MR) is 45.2 cm³/mol. The Balaban J connectivity index is 2.23. The third kappa shape index (κ3) is 2.52. The van der Waals surface area contributed by atoms with Crippen molar-refractivity contribution in [2.24, 2.45) is 5.92 Å². The van der Waals surface area contributed by atoms with Crippen LogP contribution in [-0.4, -0.2) is 11.9 Å². The fourth-order valence-corrected chi connectivity index (χ4v) is 1.67. The summed E-state index contributed by atoms with van der Waals surface area (Å²) in [7, 11) is 0. The number of carbonyl (C=O) groups excluding carboxylic acids is 1. The molecule has 2 nitrogen and oxygen atoms in total. The van der Waals surface area contributed by atoms with Gasteiger partial charge in [-0.15, -0.1) is 0 Å². The molecule has 0 bridgehead atoms. The highest BCUT2D eigenvalue weighted by Gasteiger charge is 2.21. The Kier molecular flexibility index (Phi) is 2.92. The molecular weight excluding hydrogens is 138 g/mol. The lowest BCUT2D eigenvalue weighted by atomic mass is 10.1. The van der Waals surface area contributed by atoms with Gasteiger partial charge in [0, 0.05) is 12.5 Å². The molecule has 64 valence electrons. The maximum Gasteiger partial charge on any atom is 0.219 e. The van der Waals surface area contributed by atoms with Crippen molar-refractivity contribution in [3.8, 4) is 0 Å². The second-order valence-corrected chi connectivity index (χ2v) is 3.54. The number of nitrogens with one attached hydrogen (secondary N) is 1. The topological polar surface area (TPSA) is 29.1 Å². The van der Waals surface area contributed by atoms with Crippen LogP contribution in [0.1, 0.15) is 39.5 Å². The number of hydrogen-bond donors (Lipinski definition) is 1. The van der Waals surface area contributed by atoms with E-state index in [9.17, 15) is 4.79 Å². The number of carbonyl (C=O) groups is 1. The molecule has 0 spiro atoms. The van der Waals surface area contributed by atoms with Gasteiger partial charge in [0.25, 0.3) is 0 Å². The first kappa shape index (κ1) is 8.57. The lowest BCUT2D eigenvalue weighted by Gasteiger charge is -2.10. The van der Waals surface area contributed by atoms with Gasteiger partial charge in [-0.2, -0.15) is 0 Å². The molecule has 1 rings (SSSR count). The summed E-state index contributed by atoms with van der Waals surface area (Å²) in [6.07, 6.45) is 4.23. The molecule has 2 atom stereocenters. The van der Waals surface area contributed by atoms with Crippen molar-refractivity contribution in [2.75, 3.05) is 0 Å². The van der Waals surface area contributed by atoms with Gasteiger partial charge >= 0.3 is 0 Å². The van der Waals surface area contributed by atoms with E-state index in [-0.39, 0.29) is 5.91 Å². The van der Waals surface area contributed by atoms with Crippen molar-refractivity contribution in [1.82, 2.24) is 5.32 Å². The minimum Gasteiger partial charge on any atom is -0.353 e. The molecule has 2 heteroatoms. The lowest BCUT2D eigenvalue weighted by molar-refractivity contribution is -0.121. The van der Waals surface area contributed by atoms with Gasteiger partial charge in [-0.3, -0.25) is 4.79 Å². The molecule has 1 aliphatic carbocycles. The standard InChI is InChI=1S/C9H17NO/c1-3-9(11)10-8-5-4-7(2)6-8/h7-8H,3-6H2,1-2H3,(H,10,11)/t7-,8+/m1/s1. The average molecular weight is 155 g/mol. The van der Waals surface area contributed by atoms with E-state index in [4.69, 9.17) is 0 Å². The van der Waals surface area contributed by atoms with Crippen LogP contribution in [0.2, 0.25) is 0 Å². The summed E-state index contributed by atoms with van der Waals surface area (Å²) < 4.78 is 0. The molecule has 11 heavy (non-hydrogen) atoms. The smallest absolute Gasteiger partial charge is 0.219 e. The fourth-order valence-electron chi connectivity index (χ4n) is 1.67. The monoisotopic (exact) mass is 155 g/mol. The zero-order valence-electron chi connectivity index (χ0n) is 7.39. The SMILES string of the molecule is CCC(=O)N[C@H]1CC[C@@H](C)C1. The van der Waals surface area contributed by atoms with E-state index in [1.54, 1.807) is 0 Å². The van der Waals surface area contributed by atoms with Gasteiger partial charge in [0.1, 0.15) is 0 Å². The summed E-state index contributed by atoms with van der Waals surface area (Å²) in [6, 6.07) is 0.470. The first-order valence-electron chi connectivity index (χ1n) is 4.51. The summed E-state index contributed by atoms with van der Waals surface area (Å²) in [4.78, 5) is 11.0. The molecular formula is C9H17NO. The Morgan fingerprint density at radius 2 is 2.27 bits per heavy atom. The largest absolute Gasteiger partial charge is 0.353 e. The first-order valence-corrected chi connectivity index (χ1v) is 4.51. The molecule has 0 aromatic rings. The third-order valence-electron chi connectivity index (χ3n) is 2.38. The molecule has 1 fully saturated rings. The van der Waals surface area contributed by atoms with Crippen molar-refractivity contribution in [1.29, 1.82) is 0 Å². The van der Waals surface area contributed by atoms with Gasteiger partial charge < -0.3 is 5.32 Å². The zero-order chi connectivity index (χ0) is 8.27. The average Bonchev–Trinajstić information content (AvgIpc) is 2.35. The van der Waals surface area contributed by atoms with Crippen molar-refractivity contribution in [2.45, 2.75) is 45.6 Å². The Morgan fingerprint density at radius 1 is 1.55 bits per heavy atom. The van der Waals surface area contributed by atoms with Crippen LogP contribution in [0, 0.1) is 5.92 Å². The molecule has 1 aliphatic rings. The Hall–Kier alpha value is -0.530. The van der Waals surface area contributed by atoms with Crippen LogP contribution >= 0.6 is 0 Å². The lowest BCUT2D eigenvalue weighted by Crippen LogP contribution is -2.32. The maximum atomic E-state index is 11.0. The highest BCUT2D eigenvalue weighted by atomic mass is 16.1. The first-order chi connectivity index (χ1) is 5.22. The van der Waals surface area contributed by atoms with Gasteiger partial charge in [0.05, 0.1) is 0 Å². The Bertz CT molecular complexity index is 144. The summed E-state index contributed by atoms with van der Waals surface area (Å²) in [5.41, 5.74) is 0. The molecule has 0 aromatic heterocycles. The van der Waals surface area contributed by atoms with Gasteiger partial charge in [0.15, 0.2) is 0 Å². The Labute approximate surface area is 68.4 Å². The van der Waals surface area contributed by atoms with Crippen LogP contribution < -0.4 is 5.32 Å². The summed E-state index contributed by atoms with van der Waals surface area (Å²) in [6.45, 7) is 4.14. The molecule has 0 heterocycles. The molecule has 1 N–H and O–H groups in total. The van der Waals surface area contributed by atoms with Crippen molar-refractivity contribution < 1.29 is 4.79 Å².